The van der Waals surface area contributed by atoms with E-state index in [-0.39, 0.29) is 24.0 Å². The molecule has 19 heavy (non-hydrogen) atoms. The van der Waals surface area contributed by atoms with Crippen molar-refractivity contribution in [2.24, 2.45) is 11.7 Å². The van der Waals surface area contributed by atoms with Crippen LogP contribution in [0.5, 0.6) is 0 Å². The molecule has 0 aromatic rings. The first-order chi connectivity index (χ1) is 8.82. The maximum Gasteiger partial charge on any atom is 0.675 e. The van der Waals surface area contributed by atoms with Crippen LogP contribution in [0.3, 0.4) is 0 Å². The zero-order valence-electron chi connectivity index (χ0n) is 12.8. The Hall–Kier alpha value is 0.272. The van der Waals surface area contributed by atoms with Gasteiger partial charge in [-0.25, -0.2) is 0 Å². The van der Waals surface area contributed by atoms with Crippen molar-refractivity contribution in [2.45, 2.75) is 58.5 Å². The zero-order chi connectivity index (χ0) is 14.8. The predicted molar refractivity (Wildman–Crippen MR) is 83.3 cm³/mol. The number of primary amides is 1. The van der Waals surface area contributed by atoms with Crippen LogP contribution in [0.15, 0.2) is 0 Å². The van der Waals surface area contributed by atoms with Gasteiger partial charge in [0.15, 0.2) is 0 Å². The fraction of sp³-hybridized carbons (Fsp3) is 0.923. The molecular weight excluding hydrogens is 277 g/mol. The molecule has 6 heteroatoms. The van der Waals surface area contributed by atoms with E-state index in [2.05, 4.69) is 0 Å². The van der Waals surface area contributed by atoms with E-state index in [1.54, 1.807) is 11.8 Å². The van der Waals surface area contributed by atoms with E-state index in [1.807, 2.05) is 34.6 Å². The Morgan fingerprint density at radius 1 is 1.16 bits per heavy atom. The molecule has 0 aliphatic rings. The van der Waals surface area contributed by atoms with Crippen molar-refractivity contribution >= 4 is 32.5 Å². The summed E-state index contributed by atoms with van der Waals surface area (Å²) < 4.78 is 11.7. The van der Waals surface area contributed by atoms with Crippen molar-refractivity contribution in [1.82, 2.24) is 0 Å². The first kappa shape index (κ1) is 19.3. The summed E-state index contributed by atoms with van der Waals surface area (Å²) in [5.74, 6) is 1.57. The van der Waals surface area contributed by atoms with Crippen molar-refractivity contribution in [3.63, 3.8) is 0 Å². The standard InChI is InChI=1S/C7H14NOS.2C3H7O.Al/c1-3-4-10-5-6(2)7(8)9;2*1-3(2)4;/h6H,1,3-5H2,2H3,(H2,8,9);2*3H,1-2H3;/q;2*-1;+2. The van der Waals surface area contributed by atoms with Crippen LogP contribution in [0.25, 0.3) is 0 Å². The minimum Gasteiger partial charge on any atom is -0.476 e. The second-order valence-electron chi connectivity index (χ2n) is 5.32. The molecular formula is C13H28AlNO3S. The highest BCUT2D eigenvalue weighted by Gasteiger charge is 2.26. The van der Waals surface area contributed by atoms with Crippen LogP contribution in [0.4, 0.5) is 0 Å². The number of hydrogen-bond donors (Lipinski definition) is 1. The molecule has 1 atom stereocenters. The fourth-order valence-electron chi connectivity index (χ4n) is 1.47. The Labute approximate surface area is 126 Å². The summed E-state index contributed by atoms with van der Waals surface area (Å²) >= 11 is 0.238. The van der Waals surface area contributed by atoms with Crippen LogP contribution in [0, 0.1) is 5.92 Å². The van der Waals surface area contributed by atoms with Crippen LogP contribution in [0.1, 0.15) is 41.0 Å². The van der Waals surface area contributed by atoms with Crippen molar-refractivity contribution < 1.29 is 12.4 Å². The Morgan fingerprint density at radius 3 is 2.11 bits per heavy atom. The summed E-state index contributed by atoms with van der Waals surface area (Å²) in [5, 5.41) is 1.02. The van der Waals surface area contributed by atoms with Gasteiger partial charge < -0.3 is 13.3 Å². The van der Waals surface area contributed by atoms with Gasteiger partial charge in [0.05, 0.1) is 0 Å². The smallest absolute Gasteiger partial charge is 0.476 e. The van der Waals surface area contributed by atoms with Gasteiger partial charge in [-0.15, -0.1) is 0 Å². The summed E-state index contributed by atoms with van der Waals surface area (Å²) in [6.45, 7) is 10.1. The first-order valence-corrected chi connectivity index (χ1v) is 9.92. The number of hydrogen-bond acceptors (Lipinski definition) is 4. The Balaban J connectivity index is 3.77. The highest BCUT2D eigenvalue weighted by molar-refractivity contribution is 7.99. The van der Waals surface area contributed by atoms with Crippen molar-refractivity contribution in [3.8, 4) is 0 Å². The maximum atomic E-state index is 10.9. The SMILES string of the molecule is CC(C)[O][Al]([CH2]CCSCC(C)C(N)=O)[O]C(C)C. The van der Waals surface area contributed by atoms with E-state index >= 15 is 0 Å². The van der Waals surface area contributed by atoms with E-state index < -0.39 is 14.8 Å². The highest BCUT2D eigenvalue weighted by atomic mass is 32.2. The highest BCUT2D eigenvalue weighted by Crippen LogP contribution is 2.13. The van der Waals surface area contributed by atoms with Crippen LogP contribution < -0.4 is 5.73 Å². The molecule has 0 aromatic heterocycles. The number of amides is 1. The van der Waals surface area contributed by atoms with E-state index in [1.165, 1.54) is 0 Å². The van der Waals surface area contributed by atoms with E-state index in [9.17, 15) is 4.79 Å². The molecule has 0 bridgehead atoms. The molecule has 0 rings (SSSR count). The molecule has 0 saturated heterocycles. The van der Waals surface area contributed by atoms with Crippen LogP contribution >= 0.6 is 11.8 Å². The second-order valence-corrected chi connectivity index (χ2v) is 8.45. The number of nitrogens with two attached hydrogens (primary N) is 1. The summed E-state index contributed by atoms with van der Waals surface area (Å²) in [4.78, 5) is 10.9. The average molecular weight is 305 g/mol. The molecule has 0 aliphatic heterocycles. The van der Waals surface area contributed by atoms with Gasteiger partial charge in [-0.05, 0) is 38.7 Å². The summed E-state index contributed by atoms with van der Waals surface area (Å²) in [5.41, 5.74) is 5.22. The van der Waals surface area contributed by atoms with Crippen LogP contribution in [-0.2, 0) is 12.4 Å². The molecule has 0 heterocycles. The molecule has 1 unspecified atom stereocenters. The minimum absolute atomic E-state index is 0.0446. The Kier molecular flexibility index (Phi) is 11.1. The van der Waals surface area contributed by atoms with Gasteiger partial charge in [0, 0.05) is 23.9 Å². The molecule has 0 fully saturated rings. The first-order valence-electron chi connectivity index (χ1n) is 7.00. The van der Waals surface area contributed by atoms with Crippen molar-refractivity contribution in [1.29, 1.82) is 0 Å². The summed E-state index contributed by atoms with van der Waals surface area (Å²) in [7, 11) is 0. The second kappa shape index (κ2) is 11.0. The summed E-state index contributed by atoms with van der Waals surface area (Å²) in [6.07, 6.45) is 1.54. The molecule has 0 spiro atoms. The van der Waals surface area contributed by atoms with Crippen molar-refractivity contribution in [3.05, 3.63) is 0 Å². The molecule has 4 nitrogen and oxygen atoms in total. The third-order valence-electron chi connectivity index (χ3n) is 2.43. The van der Waals surface area contributed by atoms with Crippen LogP contribution in [-0.4, -0.2) is 44.4 Å². The van der Waals surface area contributed by atoms with E-state index in [0.717, 1.165) is 23.2 Å². The number of rotatable bonds is 11. The fourth-order valence-corrected chi connectivity index (χ4v) is 4.91. The van der Waals surface area contributed by atoms with E-state index in [4.69, 9.17) is 13.3 Å². The van der Waals surface area contributed by atoms with Gasteiger partial charge in [-0.1, -0.05) is 13.3 Å². The quantitative estimate of drug-likeness (QED) is 0.471. The molecule has 1 amide bonds. The normalized spacial score (nSPS) is 13.0. The largest absolute Gasteiger partial charge is 0.675 e. The summed E-state index contributed by atoms with van der Waals surface area (Å²) in [6, 6.07) is 0. The number of carbonyl (C=O) groups excluding carboxylic acids is 1. The van der Waals surface area contributed by atoms with Gasteiger partial charge in [0.25, 0.3) is 0 Å². The zero-order valence-corrected chi connectivity index (χ0v) is 14.8. The van der Waals surface area contributed by atoms with E-state index in [0.29, 0.717) is 0 Å². The van der Waals surface area contributed by atoms with Gasteiger partial charge in [0.1, 0.15) is 0 Å². The topological polar surface area (TPSA) is 61.5 Å². The van der Waals surface area contributed by atoms with Crippen LogP contribution in [0.2, 0.25) is 5.28 Å². The molecule has 0 saturated carbocycles. The molecule has 0 radical (unpaired) electrons. The monoisotopic (exact) mass is 305 g/mol. The third-order valence-corrected chi connectivity index (χ3v) is 6.32. The predicted octanol–water partition coefficient (Wildman–Crippen LogP) is 2.57. The lowest BCUT2D eigenvalue weighted by atomic mass is 10.2. The Morgan fingerprint density at radius 2 is 1.68 bits per heavy atom. The minimum atomic E-state index is -1.54. The lowest BCUT2D eigenvalue weighted by Gasteiger charge is -2.18. The third kappa shape index (κ3) is 11.8. The van der Waals surface area contributed by atoms with Gasteiger partial charge in [0.2, 0.25) is 5.91 Å². The Bertz CT molecular complexity index is 242. The number of carbonyl (C=O) groups is 1. The molecule has 2 N–H and O–H groups in total. The maximum absolute atomic E-state index is 10.9. The lowest BCUT2D eigenvalue weighted by Crippen LogP contribution is -2.29. The van der Waals surface area contributed by atoms with Gasteiger partial charge >= 0.3 is 14.8 Å². The molecule has 0 aliphatic carbocycles. The average Bonchev–Trinajstić information content (AvgIpc) is 2.26. The number of thioether (sulfide) groups is 1. The molecule has 112 valence electrons. The van der Waals surface area contributed by atoms with Gasteiger partial charge in [-0.2, -0.15) is 11.8 Å². The lowest BCUT2D eigenvalue weighted by molar-refractivity contribution is -0.120. The molecule has 0 aromatic carbocycles. The van der Waals surface area contributed by atoms with Crippen molar-refractivity contribution in [2.75, 3.05) is 11.5 Å². The van der Waals surface area contributed by atoms with Gasteiger partial charge in [-0.3, -0.25) is 4.79 Å².